The standard InChI is InChI=1S/C17H19N3O3/c21-15(10-11-20-17(23)9-8-16(22)19-20)18-14-7-3-5-12-4-1-2-6-13(12)14/h1-2,4,6,8-9,14H,3,5,7,10-11H2,(H,18,21)(H,19,22)/t14-/m1/s1. The van der Waals surface area contributed by atoms with E-state index in [0.717, 1.165) is 23.9 Å². The molecule has 120 valence electrons. The summed E-state index contributed by atoms with van der Waals surface area (Å²) in [6.45, 7) is 0.162. The van der Waals surface area contributed by atoms with Crippen LogP contribution in [-0.4, -0.2) is 15.7 Å². The summed E-state index contributed by atoms with van der Waals surface area (Å²) in [5.74, 6) is -0.122. The third-order valence-corrected chi connectivity index (χ3v) is 4.16. The van der Waals surface area contributed by atoms with Crippen LogP contribution in [-0.2, 0) is 17.8 Å². The van der Waals surface area contributed by atoms with E-state index in [1.807, 2.05) is 12.1 Å². The Balaban J connectivity index is 1.63. The normalized spacial score (nSPS) is 16.6. The van der Waals surface area contributed by atoms with Crippen molar-refractivity contribution < 1.29 is 4.79 Å². The van der Waals surface area contributed by atoms with Crippen molar-refractivity contribution in [1.82, 2.24) is 15.1 Å². The van der Waals surface area contributed by atoms with Gasteiger partial charge in [0.25, 0.3) is 11.1 Å². The number of aromatic nitrogens is 2. The first-order valence-electron chi connectivity index (χ1n) is 7.81. The van der Waals surface area contributed by atoms with Crippen LogP contribution in [0.2, 0.25) is 0 Å². The number of hydrogen-bond acceptors (Lipinski definition) is 3. The highest BCUT2D eigenvalue weighted by Gasteiger charge is 2.21. The van der Waals surface area contributed by atoms with Gasteiger partial charge in [-0.2, -0.15) is 0 Å². The average Bonchev–Trinajstić information content (AvgIpc) is 2.56. The minimum Gasteiger partial charge on any atom is -0.349 e. The van der Waals surface area contributed by atoms with Crippen molar-refractivity contribution in [2.45, 2.75) is 38.3 Å². The van der Waals surface area contributed by atoms with Crippen LogP contribution in [0.3, 0.4) is 0 Å². The Hall–Kier alpha value is -2.63. The molecule has 6 nitrogen and oxygen atoms in total. The number of aryl methyl sites for hydroxylation is 2. The van der Waals surface area contributed by atoms with Crippen LogP contribution in [0.5, 0.6) is 0 Å². The molecule has 0 unspecified atom stereocenters. The third kappa shape index (κ3) is 3.59. The van der Waals surface area contributed by atoms with E-state index in [1.54, 1.807) is 0 Å². The molecule has 1 aromatic carbocycles. The summed E-state index contributed by atoms with van der Waals surface area (Å²) in [5.41, 5.74) is 1.79. The number of hydrogen-bond donors (Lipinski definition) is 2. The molecule has 0 aliphatic heterocycles. The zero-order valence-corrected chi connectivity index (χ0v) is 12.7. The summed E-state index contributed by atoms with van der Waals surface area (Å²) >= 11 is 0. The van der Waals surface area contributed by atoms with E-state index in [0.29, 0.717) is 0 Å². The molecule has 0 spiro atoms. The fraction of sp³-hybridized carbons (Fsp3) is 0.353. The zero-order chi connectivity index (χ0) is 16.2. The van der Waals surface area contributed by atoms with Gasteiger partial charge in [0.15, 0.2) is 0 Å². The number of H-pyrrole nitrogens is 1. The van der Waals surface area contributed by atoms with Gasteiger partial charge >= 0.3 is 0 Å². The Kier molecular flexibility index (Phi) is 4.41. The lowest BCUT2D eigenvalue weighted by Gasteiger charge is -2.26. The molecule has 0 saturated heterocycles. The van der Waals surface area contributed by atoms with E-state index in [9.17, 15) is 14.4 Å². The summed E-state index contributed by atoms with van der Waals surface area (Å²) in [6, 6.07) is 10.6. The number of aromatic amines is 1. The fourth-order valence-electron chi connectivity index (χ4n) is 3.01. The van der Waals surface area contributed by atoms with Crippen molar-refractivity contribution in [3.63, 3.8) is 0 Å². The molecule has 0 fully saturated rings. The number of carbonyl (C=O) groups is 1. The SMILES string of the molecule is O=C(CCn1[nH]c(=O)ccc1=O)N[C@@H]1CCCc2ccccc21. The van der Waals surface area contributed by atoms with Crippen LogP contribution in [0.1, 0.15) is 36.4 Å². The maximum absolute atomic E-state index is 12.2. The molecule has 1 aromatic heterocycles. The van der Waals surface area contributed by atoms with Gasteiger partial charge in [0.1, 0.15) is 0 Å². The molecule has 0 radical (unpaired) electrons. The molecule has 0 bridgehead atoms. The first-order valence-corrected chi connectivity index (χ1v) is 7.81. The molecule has 2 N–H and O–H groups in total. The Bertz CT molecular complexity index is 822. The van der Waals surface area contributed by atoms with E-state index in [4.69, 9.17) is 0 Å². The van der Waals surface area contributed by atoms with Gasteiger partial charge in [0, 0.05) is 18.6 Å². The van der Waals surface area contributed by atoms with E-state index in [1.165, 1.54) is 23.3 Å². The lowest BCUT2D eigenvalue weighted by Crippen LogP contribution is -2.34. The number of fused-ring (bicyclic) bond motifs is 1. The number of carbonyl (C=O) groups excluding carboxylic acids is 1. The molecular formula is C17H19N3O3. The quantitative estimate of drug-likeness (QED) is 0.887. The Labute approximate surface area is 133 Å². The molecule has 3 rings (SSSR count). The molecule has 1 aliphatic rings. The molecule has 23 heavy (non-hydrogen) atoms. The van der Waals surface area contributed by atoms with Gasteiger partial charge < -0.3 is 5.32 Å². The van der Waals surface area contributed by atoms with E-state index < -0.39 is 0 Å². The van der Waals surface area contributed by atoms with Gasteiger partial charge in [-0.25, -0.2) is 4.68 Å². The van der Waals surface area contributed by atoms with Crippen molar-refractivity contribution >= 4 is 5.91 Å². The van der Waals surface area contributed by atoms with Crippen molar-refractivity contribution in [2.75, 3.05) is 0 Å². The van der Waals surface area contributed by atoms with Crippen molar-refractivity contribution in [2.24, 2.45) is 0 Å². The maximum Gasteiger partial charge on any atom is 0.265 e. The Morgan fingerprint density at radius 1 is 1.22 bits per heavy atom. The fourth-order valence-corrected chi connectivity index (χ4v) is 3.01. The molecular weight excluding hydrogens is 294 g/mol. The molecule has 1 amide bonds. The van der Waals surface area contributed by atoms with Crippen LogP contribution >= 0.6 is 0 Å². The highest BCUT2D eigenvalue weighted by molar-refractivity contribution is 5.76. The third-order valence-electron chi connectivity index (χ3n) is 4.16. The number of benzene rings is 1. The summed E-state index contributed by atoms with van der Waals surface area (Å²) in [5, 5.41) is 5.45. The number of amides is 1. The largest absolute Gasteiger partial charge is 0.349 e. The highest BCUT2D eigenvalue weighted by Crippen LogP contribution is 2.29. The highest BCUT2D eigenvalue weighted by atomic mass is 16.2. The van der Waals surface area contributed by atoms with Gasteiger partial charge in [-0.15, -0.1) is 0 Å². The van der Waals surface area contributed by atoms with Crippen LogP contribution in [0.25, 0.3) is 0 Å². The summed E-state index contributed by atoms with van der Waals surface area (Å²) in [6.07, 6.45) is 3.17. The van der Waals surface area contributed by atoms with Crippen LogP contribution in [0.15, 0.2) is 46.0 Å². The number of rotatable bonds is 4. The number of nitrogens with zero attached hydrogens (tertiary/aromatic N) is 1. The first-order chi connectivity index (χ1) is 11.1. The molecule has 0 saturated carbocycles. The second kappa shape index (κ2) is 6.64. The Morgan fingerprint density at radius 2 is 2.04 bits per heavy atom. The molecule has 6 heteroatoms. The predicted molar refractivity (Wildman–Crippen MR) is 86.2 cm³/mol. The maximum atomic E-state index is 12.2. The van der Waals surface area contributed by atoms with Crippen LogP contribution in [0.4, 0.5) is 0 Å². The second-order valence-electron chi connectivity index (χ2n) is 5.76. The van der Waals surface area contributed by atoms with Crippen LogP contribution < -0.4 is 16.4 Å². The van der Waals surface area contributed by atoms with E-state index >= 15 is 0 Å². The lowest BCUT2D eigenvalue weighted by atomic mass is 9.88. The smallest absolute Gasteiger partial charge is 0.265 e. The van der Waals surface area contributed by atoms with Crippen LogP contribution in [0, 0.1) is 0 Å². The van der Waals surface area contributed by atoms with E-state index in [-0.39, 0.29) is 36.0 Å². The van der Waals surface area contributed by atoms with Gasteiger partial charge in [-0.3, -0.25) is 19.5 Å². The number of nitrogens with one attached hydrogen (secondary N) is 2. The van der Waals surface area contributed by atoms with Crippen molar-refractivity contribution in [3.8, 4) is 0 Å². The molecule has 1 aliphatic carbocycles. The molecule has 1 heterocycles. The molecule has 1 atom stereocenters. The van der Waals surface area contributed by atoms with Crippen molar-refractivity contribution in [1.29, 1.82) is 0 Å². The minimum atomic E-state index is -0.355. The first kappa shape index (κ1) is 15.3. The van der Waals surface area contributed by atoms with Crippen molar-refractivity contribution in [3.05, 3.63) is 68.2 Å². The van der Waals surface area contributed by atoms with Gasteiger partial charge in [0.05, 0.1) is 12.6 Å². The predicted octanol–water partition coefficient (Wildman–Crippen LogP) is 1.12. The Morgan fingerprint density at radius 3 is 2.91 bits per heavy atom. The average molecular weight is 313 g/mol. The lowest BCUT2D eigenvalue weighted by molar-refractivity contribution is -0.122. The topological polar surface area (TPSA) is 84.0 Å². The summed E-state index contributed by atoms with van der Waals surface area (Å²) < 4.78 is 1.16. The second-order valence-corrected chi connectivity index (χ2v) is 5.76. The van der Waals surface area contributed by atoms with Gasteiger partial charge in [-0.05, 0) is 30.4 Å². The summed E-state index contributed by atoms with van der Waals surface area (Å²) in [7, 11) is 0. The van der Waals surface area contributed by atoms with Gasteiger partial charge in [0.2, 0.25) is 5.91 Å². The zero-order valence-electron chi connectivity index (χ0n) is 12.7. The van der Waals surface area contributed by atoms with E-state index in [2.05, 4.69) is 22.5 Å². The van der Waals surface area contributed by atoms with Gasteiger partial charge in [-0.1, -0.05) is 24.3 Å². The summed E-state index contributed by atoms with van der Waals surface area (Å²) in [4.78, 5) is 35.0. The monoisotopic (exact) mass is 313 g/mol. The molecule has 2 aromatic rings. The minimum absolute atomic E-state index is 0.0268.